The second kappa shape index (κ2) is 3.19. The van der Waals surface area contributed by atoms with E-state index in [1.165, 1.54) is 0 Å². The standard InChI is InChI=1S/C8H12ClN3/c1-5(2)12-4-7(9)8(10)11-6(12)3/h4-5H,3H2,1-2H3,(H2,10,11). The molecule has 0 amide bonds. The number of hydrogen-bond donors (Lipinski definition) is 1. The number of aliphatic imine (C=N–C) groups is 1. The first-order chi connectivity index (χ1) is 5.52. The van der Waals surface area contributed by atoms with Crippen molar-refractivity contribution in [1.82, 2.24) is 4.90 Å². The zero-order valence-electron chi connectivity index (χ0n) is 7.21. The van der Waals surface area contributed by atoms with Gasteiger partial charge in [-0.3, -0.25) is 0 Å². The molecule has 1 heterocycles. The predicted molar refractivity (Wildman–Crippen MR) is 51.7 cm³/mol. The van der Waals surface area contributed by atoms with Crippen LogP contribution in [0.2, 0.25) is 0 Å². The molecule has 0 radical (unpaired) electrons. The molecule has 12 heavy (non-hydrogen) atoms. The summed E-state index contributed by atoms with van der Waals surface area (Å²) in [5, 5.41) is 0.469. The zero-order valence-corrected chi connectivity index (χ0v) is 7.97. The molecule has 0 aromatic heterocycles. The zero-order chi connectivity index (χ0) is 9.30. The second-order valence-electron chi connectivity index (χ2n) is 2.89. The van der Waals surface area contributed by atoms with Crippen LogP contribution in [0.5, 0.6) is 0 Å². The number of nitrogens with two attached hydrogens (primary N) is 1. The van der Waals surface area contributed by atoms with Gasteiger partial charge in [0.2, 0.25) is 0 Å². The molecule has 0 aliphatic carbocycles. The van der Waals surface area contributed by atoms with Crippen molar-refractivity contribution in [2.75, 3.05) is 0 Å². The van der Waals surface area contributed by atoms with Crippen LogP contribution in [-0.4, -0.2) is 16.8 Å². The second-order valence-corrected chi connectivity index (χ2v) is 3.30. The maximum absolute atomic E-state index is 5.79. The molecule has 1 aliphatic rings. The van der Waals surface area contributed by atoms with Gasteiger partial charge in [-0.05, 0) is 13.8 Å². The van der Waals surface area contributed by atoms with Crippen LogP contribution in [0.15, 0.2) is 28.6 Å². The molecular formula is C8H12ClN3. The summed E-state index contributed by atoms with van der Waals surface area (Å²) in [5.74, 6) is 0.963. The lowest BCUT2D eigenvalue weighted by molar-refractivity contribution is 0.379. The van der Waals surface area contributed by atoms with E-state index in [1.54, 1.807) is 6.20 Å². The van der Waals surface area contributed by atoms with E-state index in [-0.39, 0.29) is 0 Å². The Balaban J connectivity index is 2.92. The van der Waals surface area contributed by atoms with Gasteiger partial charge in [-0.2, -0.15) is 0 Å². The minimum absolute atomic E-state index is 0.295. The van der Waals surface area contributed by atoms with E-state index in [2.05, 4.69) is 11.6 Å². The van der Waals surface area contributed by atoms with E-state index in [9.17, 15) is 0 Å². The van der Waals surface area contributed by atoms with Gasteiger partial charge in [-0.25, -0.2) is 4.99 Å². The molecule has 0 fully saturated rings. The number of rotatable bonds is 1. The lowest BCUT2D eigenvalue weighted by Crippen LogP contribution is -2.30. The van der Waals surface area contributed by atoms with Crippen molar-refractivity contribution in [1.29, 1.82) is 0 Å². The van der Waals surface area contributed by atoms with Crippen LogP contribution in [0, 0.1) is 0 Å². The largest absolute Gasteiger partial charge is 0.382 e. The number of hydrogen-bond acceptors (Lipinski definition) is 3. The Kier molecular flexibility index (Phi) is 2.43. The third-order valence-corrected chi connectivity index (χ3v) is 1.89. The summed E-state index contributed by atoms with van der Waals surface area (Å²) < 4.78 is 0. The summed E-state index contributed by atoms with van der Waals surface area (Å²) in [6.07, 6.45) is 1.75. The maximum Gasteiger partial charge on any atom is 0.146 e. The summed E-state index contributed by atoms with van der Waals surface area (Å²) in [4.78, 5) is 5.87. The van der Waals surface area contributed by atoms with Gasteiger partial charge in [-0.1, -0.05) is 18.2 Å². The lowest BCUT2D eigenvalue weighted by Gasteiger charge is -2.27. The maximum atomic E-state index is 5.79. The van der Waals surface area contributed by atoms with Crippen molar-refractivity contribution in [2.24, 2.45) is 10.7 Å². The highest BCUT2D eigenvalue weighted by molar-refractivity contribution is 6.43. The van der Waals surface area contributed by atoms with Crippen molar-refractivity contribution in [2.45, 2.75) is 19.9 Å². The average Bonchev–Trinajstić information content (AvgIpc) is 1.96. The van der Waals surface area contributed by atoms with Crippen LogP contribution < -0.4 is 5.73 Å². The number of nitrogens with zero attached hydrogens (tertiary/aromatic N) is 2. The van der Waals surface area contributed by atoms with Crippen molar-refractivity contribution < 1.29 is 0 Å². The molecule has 0 atom stereocenters. The molecule has 1 aliphatic heterocycles. The van der Waals surface area contributed by atoms with Gasteiger partial charge < -0.3 is 10.6 Å². The predicted octanol–water partition coefficient (Wildman–Crippen LogP) is 1.62. The molecule has 0 aromatic rings. The molecular weight excluding hydrogens is 174 g/mol. The van der Waals surface area contributed by atoms with Crippen LogP contribution >= 0.6 is 11.6 Å². The first-order valence-corrected chi connectivity index (χ1v) is 4.09. The van der Waals surface area contributed by atoms with E-state index in [1.807, 2.05) is 18.7 Å². The van der Waals surface area contributed by atoms with Gasteiger partial charge in [0.25, 0.3) is 0 Å². The summed E-state index contributed by atoms with van der Waals surface area (Å²) in [5.41, 5.74) is 5.49. The van der Waals surface area contributed by atoms with Crippen LogP contribution in [0.3, 0.4) is 0 Å². The Morgan fingerprint density at radius 3 is 2.75 bits per heavy atom. The quantitative estimate of drug-likeness (QED) is 0.675. The first kappa shape index (κ1) is 9.13. The highest BCUT2D eigenvalue weighted by atomic mass is 35.5. The van der Waals surface area contributed by atoms with Crippen LogP contribution in [-0.2, 0) is 0 Å². The molecule has 0 unspecified atom stereocenters. The molecule has 66 valence electrons. The van der Waals surface area contributed by atoms with Gasteiger partial charge in [0.05, 0.1) is 5.03 Å². The van der Waals surface area contributed by atoms with Crippen LogP contribution in [0.25, 0.3) is 0 Å². The van der Waals surface area contributed by atoms with E-state index in [4.69, 9.17) is 17.3 Å². The lowest BCUT2D eigenvalue weighted by atomic mass is 10.3. The molecule has 0 spiro atoms. The average molecular weight is 186 g/mol. The number of amidine groups is 1. The summed E-state index contributed by atoms with van der Waals surface area (Å²) in [6.45, 7) is 7.82. The van der Waals surface area contributed by atoms with Crippen molar-refractivity contribution in [3.8, 4) is 0 Å². The fraction of sp³-hybridized carbons (Fsp3) is 0.375. The van der Waals surface area contributed by atoms with Crippen molar-refractivity contribution in [3.63, 3.8) is 0 Å². The molecule has 2 N–H and O–H groups in total. The summed E-state index contributed by atoms with van der Waals surface area (Å²) in [7, 11) is 0. The minimum atomic E-state index is 0.295. The summed E-state index contributed by atoms with van der Waals surface area (Å²) in [6, 6.07) is 0.295. The highest BCUT2D eigenvalue weighted by Crippen LogP contribution is 2.19. The van der Waals surface area contributed by atoms with Gasteiger partial charge in [0, 0.05) is 12.2 Å². The Morgan fingerprint density at radius 2 is 2.25 bits per heavy atom. The van der Waals surface area contributed by atoms with Crippen LogP contribution in [0.1, 0.15) is 13.8 Å². The Labute approximate surface area is 77.2 Å². The van der Waals surface area contributed by atoms with Crippen molar-refractivity contribution >= 4 is 17.4 Å². The molecule has 0 saturated carbocycles. The molecule has 0 saturated heterocycles. The smallest absolute Gasteiger partial charge is 0.146 e. The first-order valence-electron chi connectivity index (χ1n) is 3.71. The van der Waals surface area contributed by atoms with Gasteiger partial charge in [0.15, 0.2) is 0 Å². The SMILES string of the molecule is C=C1N=C(N)C(Cl)=CN1C(C)C. The fourth-order valence-corrected chi connectivity index (χ4v) is 1.11. The molecule has 0 aromatic carbocycles. The normalized spacial score (nSPS) is 18.0. The van der Waals surface area contributed by atoms with E-state index in [0.29, 0.717) is 22.7 Å². The van der Waals surface area contributed by atoms with E-state index in [0.717, 1.165) is 0 Å². The third-order valence-electron chi connectivity index (χ3n) is 1.60. The van der Waals surface area contributed by atoms with E-state index >= 15 is 0 Å². The molecule has 0 bridgehead atoms. The van der Waals surface area contributed by atoms with Crippen molar-refractivity contribution in [3.05, 3.63) is 23.6 Å². The van der Waals surface area contributed by atoms with E-state index < -0.39 is 0 Å². The Hall–Kier alpha value is -0.960. The topological polar surface area (TPSA) is 41.6 Å². The van der Waals surface area contributed by atoms with Crippen LogP contribution in [0.4, 0.5) is 0 Å². The minimum Gasteiger partial charge on any atom is -0.382 e. The molecule has 1 rings (SSSR count). The number of halogens is 1. The summed E-state index contributed by atoms with van der Waals surface area (Å²) >= 11 is 5.79. The third kappa shape index (κ3) is 1.61. The Bertz CT molecular complexity index is 265. The van der Waals surface area contributed by atoms with Gasteiger partial charge in [0.1, 0.15) is 11.7 Å². The Morgan fingerprint density at radius 1 is 1.67 bits per heavy atom. The molecule has 4 heteroatoms. The molecule has 3 nitrogen and oxygen atoms in total. The fourth-order valence-electron chi connectivity index (χ4n) is 0.960. The van der Waals surface area contributed by atoms with Gasteiger partial charge >= 0.3 is 0 Å². The van der Waals surface area contributed by atoms with Gasteiger partial charge in [-0.15, -0.1) is 0 Å². The highest BCUT2D eigenvalue weighted by Gasteiger charge is 2.15. The monoisotopic (exact) mass is 185 g/mol.